The van der Waals surface area contributed by atoms with Crippen molar-refractivity contribution in [1.29, 1.82) is 0 Å². The summed E-state index contributed by atoms with van der Waals surface area (Å²) in [5.41, 5.74) is 1.36. The van der Waals surface area contributed by atoms with Gasteiger partial charge in [-0.05, 0) is 42.0 Å². The second-order valence-electron chi connectivity index (χ2n) is 5.33. The highest BCUT2D eigenvalue weighted by Crippen LogP contribution is 2.21. The third-order valence-electron chi connectivity index (χ3n) is 3.48. The number of anilines is 1. The van der Waals surface area contributed by atoms with E-state index in [0.717, 1.165) is 11.6 Å². The normalized spacial score (nSPS) is 11.1. The number of benzene rings is 3. The number of halogens is 1. The number of rotatable bonds is 6. The van der Waals surface area contributed by atoms with Crippen molar-refractivity contribution >= 4 is 15.7 Å². The number of hydrogen-bond acceptors (Lipinski definition) is 3. The van der Waals surface area contributed by atoms with Gasteiger partial charge in [0.2, 0.25) is 0 Å². The number of hydrogen-bond donors (Lipinski definition) is 1. The van der Waals surface area contributed by atoms with Crippen molar-refractivity contribution in [3.8, 4) is 5.75 Å². The second-order valence-corrected chi connectivity index (χ2v) is 6.99. The Morgan fingerprint density at radius 2 is 1.48 bits per heavy atom. The van der Waals surface area contributed by atoms with E-state index in [9.17, 15) is 12.8 Å². The minimum atomic E-state index is -3.98. The molecule has 0 bridgehead atoms. The fourth-order valence-corrected chi connectivity index (χ4v) is 3.37. The Bertz CT molecular complexity index is 942. The Labute approximate surface area is 146 Å². The van der Waals surface area contributed by atoms with Crippen molar-refractivity contribution in [3.05, 3.63) is 90.2 Å². The lowest BCUT2D eigenvalue weighted by atomic mass is 10.2. The molecule has 25 heavy (non-hydrogen) atoms. The van der Waals surface area contributed by atoms with E-state index in [4.69, 9.17) is 4.74 Å². The van der Waals surface area contributed by atoms with E-state index in [1.54, 1.807) is 24.3 Å². The summed E-state index contributed by atoms with van der Waals surface area (Å²) in [4.78, 5) is -0.389. The Morgan fingerprint density at radius 3 is 2.16 bits per heavy atom. The van der Waals surface area contributed by atoms with Crippen LogP contribution >= 0.6 is 0 Å². The third kappa shape index (κ3) is 4.36. The zero-order valence-corrected chi connectivity index (χ0v) is 14.0. The molecule has 4 nitrogen and oxygen atoms in total. The summed E-state index contributed by atoms with van der Waals surface area (Å²) >= 11 is 0. The predicted molar refractivity (Wildman–Crippen MR) is 94.4 cm³/mol. The summed E-state index contributed by atoms with van der Waals surface area (Å²) in [6.45, 7) is 0.418. The summed E-state index contributed by atoms with van der Waals surface area (Å²) in [6, 6.07) is 21.4. The van der Waals surface area contributed by atoms with Crippen LogP contribution in [0.3, 0.4) is 0 Å². The predicted octanol–water partition coefficient (Wildman–Crippen LogP) is 4.21. The average molecular weight is 357 g/mol. The lowest BCUT2D eigenvalue weighted by molar-refractivity contribution is 0.306. The quantitative estimate of drug-likeness (QED) is 0.719. The summed E-state index contributed by atoms with van der Waals surface area (Å²) in [6.07, 6.45) is 0. The van der Waals surface area contributed by atoms with Crippen LogP contribution in [0.15, 0.2) is 83.8 Å². The molecule has 0 atom stereocenters. The van der Waals surface area contributed by atoms with Gasteiger partial charge in [0.15, 0.2) is 0 Å². The van der Waals surface area contributed by atoms with Gasteiger partial charge in [0.1, 0.15) is 23.1 Å². The molecule has 3 rings (SSSR count). The fraction of sp³-hybridized carbons (Fsp3) is 0.0526. The molecule has 0 heterocycles. The van der Waals surface area contributed by atoms with Gasteiger partial charge in [-0.15, -0.1) is 0 Å². The number of ether oxygens (including phenoxy) is 1. The van der Waals surface area contributed by atoms with Crippen molar-refractivity contribution in [3.63, 3.8) is 0 Å². The van der Waals surface area contributed by atoms with E-state index in [1.807, 2.05) is 30.3 Å². The van der Waals surface area contributed by atoms with Gasteiger partial charge in [-0.2, -0.15) is 0 Å². The SMILES string of the molecule is O=S(=O)(Nc1ccc(OCc2ccccc2)cc1)c1ccccc1F. The van der Waals surface area contributed by atoms with Crippen molar-refractivity contribution in [2.75, 3.05) is 4.72 Å². The Morgan fingerprint density at radius 1 is 0.840 bits per heavy atom. The Hall–Kier alpha value is -2.86. The Kier molecular flexibility index (Phi) is 5.00. The molecule has 0 radical (unpaired) electrons. The minimum absolute atomic E-state index is 0.329. The van der Waals surface area contributed by atoms with Gasteiger partial charge in [0, 0.05) is 5.69 Å². The van der Waals surface area contributed by atoms with Crippen LogP contribution in [0.25, 0.3) is 0 Å². The van der Waals surface area contributed by atoms with Crippen molar-refractivity contribution in [2.45, 2.75) is 11.5 Å². The minimum Gasteiger partial charge on any atom is -0.489 e. The number of sulfonamides is 1. The van der Waals surface area contributed by atoms with Crippen LogP contribution in [0.1, 0.15) is 5.56 Å². The summed E-state index contributed by atoms with van der Waals surface area (Å²) in [5.74, 6) is -0.185. The molecule has 0 unspecified atom stereocenters. The van der Waals surface area contributed by atoms with E-state index < -0.39 is 15.8 Å². The van der Waals surface area contributed by atoms with Gasteiger partial charge in [-0.3, -0.25) is 4.72 Å². The topological polar surface area (TPSA) is 55.4 Å². The molecule has 3 aromatic carbocycles. The first-order chi connectivity index (χ1) is 12.0. The van der Waals surface area contributed by atoms with E-state index in [1.165, 1.54) is 18.2 Å². The molecule has 0 saturated heterocycles. The van der Waals surface area contributed by atoms with Gasteiger partial charge in [-0.1, -0.05) is 42.5 Å². The highest BCUT2D eigenvalue weighted by molar-refractivity contribution is 7.92. The first-order valence-electron chi connectivity index (χ1n) is 7.59. The highest BCUT2D eigenvalue weighted by atomic mass is 32.2. The van der Waals surface area contributed by atoms with Crippen LogP contribution in [0.2, 0.25) is 0 Å². The lowest BCUT2D eigenvalue weighted by Crippen LogP contribution is -2.14. The monoisotopic (exact) mass is 357 g/mol. The Balaban J connectivity index is 1.67. The van der Waals surface area contributed by atoms with Crippen LogP contribution in [0.5, 0.6) is 5.75 Å². The molecule has 128 valence electrons. The van der Waals surface area contributed by atoms with Gasteiger partial charge >= 0.3 is 0 Å². The van der Waals surface area contributed by atoms with E-state index in [2.05, 4.69) is 4.72 Å². The molecule has 0 saturated carbocycles. The smallest absolute Gasteiger partial charge is 0.264 e. The molecular weight excluding hydrogens is 341 g/mol. The molecule has 0 fully saturated rings. The van der Waals surface area contributed by atoms with Gasteiger partial charge in [0.25, 0.3) is 10.0 Å². The van der Waals surface area contributed by atoms with Gasteiger partial charge in [0.05, 0.1) is 0 Å². The van der Waals surface area contributed by atoms with Crippen molar-refractivity contribution in [2.24, 2.45) is 0 Å². The third-order valence-corrected chi connectivity index (χ3v) is 4.90. The van der Waals surface area contributed by atoms with E-state index >= 15 is 0 Å². The molecule has 0 aliphatic heterocycles. The van der Waals surface area contributed by atoms with Crippen molar-refractivity contribution < 1.29 is 17.5 Å². The molecule has 1 N–H and O–H groups in total. The zero-order valence-electron chi connectivity index (χ0n) is 13.2. The molecule has 6 heteroatoms. The van der Waals surface area contributed by atoms with Crippen LogP contribution < -0.4 is 9.46 Å². The molecule has 0 spiro atoms. The van der Waals surface area contributed by atoms with Crippen LogP contribution in [-0.2, 0) is 16.6 Å². The van der Waals surface area contributed by atoms with E-state index in [0.29, 0.717) is 18.0 Å². The van der Waals surface area contributed by atoms with Crippen molar-refractivity contribution in [1.82, 2.24) is 0 Å². The highest BCUT2D eigenvalue weighted by Gasteiger charge is 2.18. The van der Waals surface area contributed by atoms with Crippen LogP contribution in [0.4, 0.5) is 10.1 Å². The fourth-order valence-electron chi connectivity index (χ4n) is 2.23. The lowest BCUT2D eigenvalue weighted by Gasteiger charge is -2.10. The molecule has 0 aliphatic rings. The van der Waals surface area contributed by atoms with Gasteiger partial charge < -0.3 is 4.74 Å². The standard InChI is InChI=1S/C19H16FNO3S/c20-18-8-4-5-9-19(18)25(22,23)21-16-10-12-17(13-11-16)24-14-15-6-2-1-3-7-15/h1-13,21H,14H2. The first-order valence-corrected chi connectivity index (χ1v) is 9.07. The number of nitrogens with one attached hydrogen (secondary N) is 1. The maximum absolute atomic E-state index is 13.7. The van der Waals surface area contributed by atoms with Gasteiger partial charge in [-0.25, -0.2) is 12.8 Å². The summed E-state index contributed by atoms with van der Waals surface area (Å²) in [7, 11) is -3.98. The maximum Gasteiger partial charge on any atom is 0.264 e. The summed E-state index contributed by atoms with van der Waals surface area (Å²) in [5, 5.41) is 0. The largest absolute Gasteiger partial charge is 0.489 e. The summed E-state index contributed by atoms with van der Waals surface area (Å²) < 4.78 is 46.1. The average Bonchev–Trinajstić information content (AvgIpc) is 2.62. The molecule has 0 aliphatic carbocycles. The first kappa shape index (κ1) is 17.0. The zero-order chi connectivity index (χ0) is 17.7. The maximum atomic E-state index is 13.7. The van der Waals surface area contributed by atoms with Crippen LogP contribution in [-0.4, -0.2) is 8.42 Å². The second kappa shape index (κ2) is 7.36. The molecule has 3 aromatic rings. The molecule has 0 aromatic heterocycles. The molecular formula is C19H16FNO3S. The van der Waals surface area contributed by atoms with Crippen LogP contribution in [0, 0.1) is 5.82 Å². The molecule has 0 amide bonds. The van der Waals surface area contributed by atoms with E-state index in [-0.39, 0.29) is 4.90 Å².